The number of aromatic hydroxyl groups is 1. The van der Waals surface area contributed by atoms with Crippen LogP contribution in [0.4, 0.5) is 0 Å². The largest absolute Gasteiger partial charge is 0.508 e. The molecule has 0 amide bonds. The molecule has 2 aromatic rings. The molecular weight excluding hydrogens is 284 g/mol. The molecule has 2 nitrogen and oxygen atoms in total. The molecule has 0 aliphatic heterocycles. The Kier molecular flexibility index (Phi) is 10.8. The molecule has 2 rings (SSSR count). The molecule has 0 atom stereocenters. The lowest BCUT2D eigenvalue weighted by molar-refractivity contribution is 0.295. The number of phenolic OH excluding ortho intramolecular Hbond substituents is 1. The SMILES string of the molecule is CC(C)(c1ccccc1)c1ccc(O)cc1.CCC.CCCO. The van der Waals surface area contributed by atoms with E-state index in [1.165, 1.54) is 17.5 Å². The molecular formula is C21H32O2. The number of phenols is 1. The molecule has 0 saturated heterocycles. The predicted octanol–water partition coefficient (Wildman–Crippen LogP) is 5.52. The van der Waals surface area contributed by atoms with Crippen LogP contribution in [0.1, 0.15) is 58.6 Å². The fraction of sp³-hybridized carbons (Fsp3) is 0.429. The van der Waals surface area contributed by atoms with Gasteiger partial charge in [0.2, 0.25) is 0 Å². The average Bonchev–Trinajstić information content (AvgIpc) is 2.57. The molecule has 2 aromatic carbocycles. The van der Waals surface area contributed by atoms with Crippen molar-refractivity contribution in [3.05, 3.63) is 65.7 Å². The zero-order valence-corrected chi connectivity index (χ0v) is 15.2. The van der Waals surface area contributed by atoms with Crippen molar-refractivity contribution in [2.75, 3.05) is 6.61 Å². The minimum Gasteiger partial charge on any atom is -0.508 e. The van der Waals surface area contributed by atoms with Crippen LogP contribution >= 0.6 is 0 Å². The Morgan fingerprint density at radius 2 is 1.17 bits per heavy atom. The summed E-state index contributed by atoms with van der Waals surface area (Å²) in [4.78, 5) is 0. The molecule has 0 radical (unpaired) electrons. The standard InChI is InChI=1S/C15H16O.C3H8O.C3H8/c1-15(2,12-6-4-3-5-7-12)13-8-10-14(16)11-9-13;1-2-3-4;1-3-2/h3-11,16H,1-2H3;4H,2-3H2,1H3;3H2,1-2H3. The van der Waals surface area contributed by atoms with Gasteiger partial charge < -0.3 is 10.2 Å². The molecule has 23 heavy (non-hydrogen) atoms. The molecule has 0 heterocycles. The van der Waals surface area contributed by atoms with Gasteiger partial charge in [-0.05, 0) is 29.7 Å². The summed E-state index contributed by atoms with van der Waals surface area (Å²) in [5, 5.41) is 17.2. The van der Waals surface area contributed by atoms with Crippen molar-refractivity contribution in [2.24, 2.45) is 0 Å². The Balaban J connectivity index is 0.000000591. The smallest absolute Gasteiger partial charge is 0.115 e. The van der Waals surface area contributed by atoms with Crippen LogP contribution in [0.5, 0.6) is 5.75 Å². The minimum atomic E-state index is -0.0328. The van der Waals surface area contributed by atoms with Crippen molar-refractivity contribution >= 4 is 0 Å². The maximum atomic E-state index is 9.29. The summed E-state index contributed by atoms with van der Waals surface area (Å²) in [6, 6.07) is 17.8. The summed E-state index contributed by atoms with van der Waals surface area (Å²) in [7, 11) is 0. The summed E-state index contributed by atoms with van der Waals surface area (Å²) in [5.74, 6) is 0.313. The van der Waals surface area contributed by atoms with E-state index in [1.54, 1.807) is 12.1 Å². The number of rotatable bonds is 3. The first-order valence-electron chi connectivity index (χ1n) is 8.39. The third-order valence-electron chi connectivity index (χ3n) is 3.31. The monoisotopic (exact) mass is 316 g/mol. The highest BCUT2D eigenvalue weighted by atomic mass is 16.3. The van der Waals surface area contributed by atoms with Gasteiger partial charge in [-0.2, -0.15) is 0 Å². The van der Waals surface area contributed by atoms with Gasteiger partial charge in [0, 0.05) is 12.0 Å². The summed E-state index contributed by atoms with van der Waals surface area (Å²) >= 11 is 0. The average molecular weight is 316 g/mol. The maximum absolute atomic E-state index is 9.29. The molecule has 0 bridgehead atoms. The van der Waals surface area contributed by atoms with E-state index in [-0.39, 0.29) is 5.41 Å². The summed E-state index contributed by atoms with van der Waals surface area (Å²) in [5.41, 5.74) is 2.45. The highest BCUT2D eigenvalue weighted by molar-refractivity contribution is 5.39. The number of aliphatic hydroxyl groups excluding tert-OH is 1. The van der Waals surface area contributed by atoms with Crippen molar-refractivity contribution in [2.45, 2.75) is 52.9 Å². The van der Waals surface area contributed by atoms with Crippen LogP contribution in [0.15, 0.2) is 54.6 Å². The topological polar surface area (TPSA) is 40.5 Å². The molecule has 0 aliphatic rings. The quantitative estimate of drug-likeness (QED) is 0.782. The first kappa shape index (κ1) is 21.2. The van der Waals surface area contributed by atoms with E-state index in [9.17, 15) is 5.11 Å². The van der Waals surface area contributed by atoms with Crippen LogP contribution in [0.25, 0.3) is 0 Å². The van der Waals surface area contributed by atoms with Gasteiger partial charge in [0.15, 0.2) is 0 Å². The van der Waals surface area contributed by atoms with Gasteiger partial charge in [0.05, 0.1) is 0 Å². The molecule has 0 spiro atoms. The van der Waals surface area contributed by atoms with Gasteiger partial charge in [-0.3, -0.25) is 0 Å². The van der Waals surface area contributed by atoms with E-state index in [4.69, 9.17) is 5.11 Å². The Morgan fingerprint density at radius 3 is 1.57 bits per heavy atom. The van der Waals surface area contributed by atoms with E-state index in [2.05, 4.69) is 52.0 Å². The summed E-state index contributed by atoms with van der Waals surface area (Å²) in [6.45, 7) is 10.9. The fourth-order valence-corrected chi connectivity index (χ4v) is 1.90. The van der Waals surface area contributed by atoms with E-state index < -0.39 is 0 Å². The second-order valence-electron chi connectivity index (χ2n) is 5.97. The van der Waals surface area contributed by atoms with Gasteiger partial charge >= 0.3 is 0 Å². The highest BCUT2D eigenvalue weighted by Crippen LogP contribution is 2.31. The Labute approximate surface area is 141 Å². The molecule has 0 fully saturated rings. The van der Waals surface area contributed by atoms with E-state index in [0.29, 0.717) is 12.4 Å². The zero-order valence-electron chi connectivity index (χ0n) is 15.2. The maximum Gasteiger partial charge on any atom is 0.115 e. The molecule has 128 valence electrons. The van der Waals surface area contributed by atoms with Crippen molar-refractivity contribution in [3.63, 3.8) is 0 Å². The number of aliphatic hydroxyl groups is 1. The van der Waals surface area contributed by atoms with Crippen LogP contribution in [-0.4, -0.2) is 16.8 Å². The van der Waals surface area contributed by atoms with Crippen molar-refractivity contribution < 1.29 is 10.2 Å². The number of hydrogen-bond donors (Lipinski definition) is 2. The van der Waals surface area contributed by atoms with Gasteiger partial charge in [0.25, 0.3) is 0 Å². The third kappa shape index (κ3) is 7.85. The van der Waals surface area contributed by atoms with Crippen LogP contribution in [0, 0.1) is 0 Å². The molecule has 2 N–H and O–H groups in total. The third-order valence-corrected chi connectivity index (χ3v) is 3.31. The summed E-state index contributed by atoms with van der Waals surface area (Å²) < 4.78 is 0. The van der Waals surface area contributed by atoms with E-state index in [1.807, 2.05) is 25.1 Å². The molecule has 0 aromatic heterocycles. The van der Waals surface area contributed by atoms with Crippen molar-refractivity contribution in [3.8, 4) is 5.75 Å². The van der Waals surface area contributed by atoms with Crippen LogP contribution in [-0.2, 0) is 5.41 Å². The zero-order chi connectivity index (χ0) is 17.7. The lowest BCUT2D eigenvalue weighted by Crippen LogP contribution is -2.18. The number of hydrogen-bond acceptors (Lipinski definition) is 2. The van der Waals surface area contributed by atoms with E-state index >= 15 is 0 Å². The van der Waals surface area contributed by atoms with Crippen LogP contribution in [0.3, 0.4) is 0 Å². The normalized spacial score (nSPS) is 10.0. The second kappa shape index (κ2) is 11.7. The Morgan fingerprint density at radius 1 is 0.783 bits per heavy atom. The van der Waals surface area contributed by atoms with Gasteiger partial charge in [-0.1, -0.05) is 83.5 Å². The number of benzene rings is 2. The second-order valence-corrected chi connectivity index (χ2v) is 5.97. The first-order valence-corrected chi connectivity index (χ1v) is 8.39. The fourth-order valence-electron chi connectivity index (χ4n) is 1.90. The van der Waals surface area contributed by atoms with Crippen LogP contribution < -0.4 is 0 Å². The summed E-state index contributed by atoms with van der Waals surface area (Å²) in [6.07, 6.45) is 2.12. The molecule has 2 heteroatoms. The lowest BCUT2D eigenvalue weighted by Gasteiger charge is -2.26. The van der Waals surface area contributed by atoms with Crippen LogP contribution in [0.2, 0.25) is 0 Å². The molecule has 0 unspecified atom stereocenters. The van der Waals surface area contributed by atoms with Crippen molar-refractivity contribution in [1.82, 2.24) is 0 Å². The molecule has 0 saturated carbocycles. The minimum absolute atomic E-state index is 0.0328. The highest BCUT2D eigenvalue weighted by Gasteiger charge is 2.22. The van der Waals surface area contributed by atoms with Gasteiger partial charge in [-0.25, -0.2) is 0 Å². The predicted molar refractivity (Wildman–Crippen MR) is 100 cm³/mol. The Bertz CT molecular complexity index is 499. The first-order chi connectivity index (χ1) is 10.9. The van der Waals surface area contributed by atoms with Gasteiger partial charge in [-0.15, -0.1) is 0 Å². The Hall–Kier alpha value is -1.80. The molecule has 0 aliphatic carbocycles. The van der Waals surface area contributed by atoms with Gasteiger partial charge in [0.1, 0.15) is 5.75 Å². The van der Waals surface area contributed by atoms with Crippen molar-refractivity contribution in [1.29, 1.82) is 0 Å². The lowest BCUT2D eigenvalue weighted by atomic mass is 9.78. The van der Waals surface area contributed by atoms with E-state index in [0.717, 1.165) is 6.42 Å².